The molecule has 0 aliphatic heterocycles. The van der Waals surface area contributed by atoms with Crippen LogP contribution in [0.15, 0.2) is 83.8 Å². The molecule has 2 amide bonds. The van der Waals surface area contributed by atoms with Crippen LogP contribution in [0.1, 0.15) is 30.0 Å². The van der Waals surface area contributed by atoms with E-state index in [-0.39, 0.29) is 23.8 Å². The van der Waals surface area contributed by atoms with Gasteiger partial charge in [-0.25, -0.2) is 8.42 Å². The summed E-state index contributed by atoms with van der Waals surface area (Å²) < 4.78 is 32.9. The molecule has 8 nitrogen and oxygen atoms in total. The molecule has 0 bridgehead atoms. The number of carbonyl (C=O) groups is 2. The summed E-state index contributed by atoms with van der Waals surface area (Å²) >= 11 is 0. The molecule has 9 heteroatoms. The highest BCUT2D eigenvalue weighted by atomic mass is 32.2. The van der Waals surface area contributed by atoms with Crippen LogP contribution in [0.3, 0.4) is 0 Å². The number of methoxy groups -OCH3 is 1. The number of rotatable bonds is 13. The molecule has 0 saturated heterocycles. The van der Waals surface area contributed by atoms with Crippen molar-refractivity contribution in [1.29, 1.82) is 0 Å². The highest BCUT2D eigenvalue weighted by Gasteiger charge is 2.33. The second-order valence-corrected chi connectivity index (χ2v) is 11.5. The Balaban J connectivity index is 1.97. The van der Waals surface area contributed by atoms with Gasteiger partial charge >= 0.3 is 0 Å². The fraction of sp³-hybridized carbons (Fsp3) is 0.333. The van der Waals surface area contributed by atoms with Crippen LogP contribution in [0.5, 0.6) is 5.75 Å². The summed E-state index contributed by atoms with van der Waals surface area (Å²) in [5, 5.41) is 2.92. The third kappa shape index (κ3) is 8.15. The molecule has 0 spiro atoms. The summed E-state index contributed by atoms with van der Waals surface area (Å²) in [6.45, 7) is 3.97. The van der Waals surface area contributed by atoms with Crippen molar-refractivity contribution in [3.8, 4) is 5.75 Å². The molecular formula is C30H37N3O5S. The Morgan fingerprint density at radius 3 is 2.26 bits per heavy atom. The standard InChI is InChI=1S/C30H37N3O5S/c1-5-18-31-30(35)28(20-24-10-7-6-8-11-24)33(21-25-12-9-13-26(19-25)38-4)29(34)22-32(3)39(36,37)27-16-14-23(2)15-17-27/h6-17,19,28H,5,18,20-22H2,1-4H3,(H,31,35). The molecule has 3 aromatic carbocycles. The Hall–Kier alpha value is -3.69. The van der Waals surface area contributed by atoms with E-state index in [1.165, 1.54) is 24.1 Å². The summed E-state index contributed by atoms with van der Waals surface area (Å²) in [5.74, 6) is -0.154. The van der Waals surface area contributed by atoms with Gasteiger partial charge in [-0.3, -0.25) is 9.59 Å². The number of ether oxygens (including phenoxy) is 1. The summed E-state index contributed by atoms with van der Waals surface area (Å²) in [4.78, 5) is 28.9. The van der Waals surface area contributed by atoms with E-state index >= 15 is 0 Å². The first-order valence-electron chi connectivity index (χ1n) is 12.9. The van der Waals surface area contributed by atoms with Crippen molar-refractivity contribution in [2.75, 3.05) is 27.2 Å². The zero-order valence-electron chi connectivity index (χ0n) is 23.0. The smallest absolute Gasteiger partial charge is 0.243 e. The third-order valence-electron chi connectivity index (χ3n) is 6.39. The molecule has 208 valence electrons. The van der Waals surface area contributed by atoms with Crippen molar-refractivity contribution in [2.24, 2.45) is 0 Å². The average Bonchev–Trinajstić information content (AvgIpc) is 2.94. The minimum absolute atomic E-state index is 0.101. The lowest BCUT2D eigenvalue weighted by Crippen LogP contribution is -2.53. The number of sulfonamides is 1. The zero-order valence-corrected chi connectivity index (χ0v) is 23.8. The van der Waals surface area contributed by atoms with E-state index in [4.69, 9.17) is 4.74 Å². The SMILES string of the molecule is CCCNC(=O)C(Cc1ccccc1)N(Cc1cccc(OC)c1)C(=O)CN(C)S(=O)(=O)c1ccc(C)cc1. The Bertz CT molecular complexity index is 1340. The van der Waals surface area contributed by atoms with Gasteiger partial charge in [0.15, 0.2) is 0 Å². The maximum Gasteiger partial charge on any atom is 0.243 e. The summed E-state index contributed by atoms with van der Waals surface area (Å²) in [6, 6.07) is 22.3. The molecule has 1 unspecified atom stereocenters. The molecule has 0 heterocycles. The second-order valence-electron chi connectivity index (χ2n) is 9.44. The number of benzene rings is 3. The Kier molecular flexibility index (Phi) is 10.7. The number of amides is 2. The first-order valence-corrected chi connectivity index (χ1v) is 14.4. The lowest BCUT2D eigenvalue weighted by atomic mass is 10.0. The van der Waals surface area contributed by atoms with Gasteiger partial charge in [0.05, 0.1) is 18.6 Å². The molecule has 0 fully saturated rings. The van der Waals surface area contributed by atoms with Crippen LogP contribution in [0.2, 0.25) is 0 Å². The quantitative estimate of drug-likeness (QED) is 0.349. The first-order chi connectivity index (χ1) is 18.6. The number of hydrogen-bond acceptors (Lipinski definition) is 5. The minimum Gasteiger partial charge on any atom is -0.497 e. The van der Waals surface area contributed by atoms with Gasteiger partial charge in [0.2, 0.25) is 21.8 Å². The second kappa shape index (κ2) is 13.9. The fourth-order valence-corrected chi connectivity index (χ4v) is 5.26. The van der Waals surface area contributed by atoms with E-state index in [2.05, 4.69) is 5.32 Å². The zero-order chi connectivity index (χ0) is 28.4. The molecule has 0 radical (unpaired) electrons. The number of aryl methyl sites for hydroxylation is 1. The van der Waals surface area contributed by atoms with Gasteiger partial charge in [0.1, 0.15) is 11.8 Å². The van der Waals surface area contributed by atoms with Crippen molar-refractivity contribution in [2.45, 2.75) is 44.2 Å². The minimum atomic E-state index is -3.92. The largest absolute Gasteiger partial charge is 0.497 e. The molecule has 0 aromatic heterocycles. The Morgan fingerprint density at radius 2 is 1.62 bits per heavy atom. The topological polar surface area (TPSA) is 96.0 Å². The van der Waals surface area contributed by atoms with E-state index in [9.17, 15) is 18.0 Å². The van der Waals surface area contributed by atoms with E-state index in [1.807, 2.05) is 56.3 Å². The normalized spacial score (nSPS) is 12.1. The molecule has 0 aliphatic rings. The monoisotopic (exact) mass is 551 g/mol. The molecule has 3 rings (SSSR count). The molecule has 0 aliphatic carbocycles. The number of nitrogens with zero attached hydrogens (tertiary/aromatic N) is 2. The van der Waals surface area contributed by atoms with Crippen LogP contribution < -0.4 is 10.1 Å². The van der Waals surface area contributed by atoms with Crippen LogP contribution in [0.25, 0.3) is 0 Å². The van der Waals surface area contributed by atoms with E-state index in [0.717, 1.165) is 27.4 Å². The van der Waals surface area contributed by atoms with Crippen LogP contribution in [-0.2, 0) is 32.6 Å². The van der Waals surface area contributed by atoms with Crippen molar-refractivity contribution in [3.05, 3.63) is 95.6 Å². The van der Waals surface area contributed by atoms with E-state index in [1.54, 1.807) is 31.4 Å². The molecule has 3 aromatic rings. The van der Waals surface area contributed by atoms with E-state index < -0.39 is 28.5 Å². The third-order valence-corrected chi connectivity index (χ3v) is 8.21. The molecule has 0 saturated carbocycles. The first kappa shape index (κ1) is 29.9. The maximum absolute atomic E-state index is 13.9. The van der Waals surface area contributed by atoms with Crippen LogP contribution in [0.4, 0.5) is 0 Å². The number of likely N-dealkylation sites (N-methyl/N-ethyl adjacent to an activating group) is 1. The van der Waals surface area contributed by atoms with Gasteiger partial charge in [-0.1, -0.05) is 67.1 Å². The lowest BCUT2D eigenvalue weighted by molar-refractivity contribution is -0.141. The summed E-state index contributed by atoms with van der Waals surface area (Å²) in [5.41, 5.74) is 2.57. The van der Waals surface area contributed by atoms with Gasteiger partial charge < -0.3 is 15.0 Å². The molecule has 1 atom stereocenters. The summed E-state index contributed by atoms with van der Waals surface area (Å²) in [6.07, 6.45) is 1.02. The lowest BCUT2D eigenvalue weighted by Gasteiger charge is -2.32. The van der Waals surface area contributed by atoms with Gasteiger partial charge in [-0.05, 0) is 48.7 Å². The van der Waals surface area contributed by atoms with Gasteiger partial charge in [-0.15, -0.1) is 0 Å². The van der Waals surface area contributed by atoms with Gasteiger partial charge in [-0.2, -0.15) is 4.31 Å². The Labute approximate surface area is 231 Å². The predicted octanol–water partition coefficient (Wildman–Crippen LogP) is 3.79. The number of carbonyl (C=O) groups excluding carboxylic acids is 2. The van der Waals surface area contributed by atoms with Crippen molar-refractivity contribution >= 4 is 21.8 Å². The Morgan fingerprint density at radius 1 is 0.949 bits per heavy atom. The molecular weight excluding hydrogens is 514 g/mol. The van der Waals surface area contributed by atoms with Gasteiger partial charge in [0.25, 0.3) is 0 Å². The average molecular weight is 552 g/mol. The van der Waals surface area contributed by atoms with E-state index in [0.29, 0.717) is 12.3 Å². The molecule has 39 heavy (non-hydrogen) atoms. The summed E-state index contributed by atoms with van der Waals surface area (Å²) in [7, 11) is -0.988. The van der Waals surface area contributed by atoms with Crippen LogP contribution in [0, 0.1) is 6.92 Å². The molecule has 1 N–H and O–H groups in total. The van der Waals surface area contributed by atoms with Crippen molar-refractivity contribution in [1.82, 2.24) is 14.5 Å². The number of nitrogens with one attached hydrogen (secondary N) is 1. The highest BCUT2D eigenvalue weighted by Crippen LogP contribution is 2.20. The fourth-order valence-electron chi connectivity index (χ4n) is 4.14. The van der Waals surface area contributed by atoms with Gasteiger partial charge in [0, 0.05) is 26.6 Å². The number of hydrogen-bond donors (Lipinski definition) is 1. The van der Waals surface area contributed by atoms with Crippen molar-refractivity contribution < 1.29 is 22.7 Å². The predicted molar refractivity (Wildman–Crippen MR) is 152 cm³/mol. The highest BCUT2D eigenvalue weighted by molar-refractivity contribution is 7.89. The van der Waals surface area contributed by atoms with Crippen molar-refractivity contribution in [3.63, 3.8) is 0 Å². The van der Waals surface area contributed by atoms with Crippen LogP contribution >= 0.6 is 0 Å². The maximum atomic E-state index is 13.9. The van der Waals surface area contributed by atoms with Crippen LogP contribution in [-0.4, -0.2) is 62.7 Å².